The normalized spacial score (nSPS) is 10.6. The van der Waals surface area contributed by atoms with Gasteiger partial charge in [0, 0.05) is 13.0 Å². The highest BCUT2D eigenvalue weighted by atomic mass is 19.3. The number of aryl methyl sites for hydroxylation is 1. The Morgan fingerprint density at radius 1 is 0.862 bits per heavy atom. The van der Waals surface area contributed by atoms with Crippen LogP contribution < -0.4 is 24.3 Å². The smallest absolute Gasteiger partial charge is 0.387 e. The SMILES string of the molecule is COc1ccc(CCC(=O)NCCc2ccc(OC(F)F)c(OC)c2)cc1OC. The number of amides is 1. The van der Waals surface area contributed by atoms with Crippen molar-refractivity contribution >= 4 is 5.91 Å². The van der Waals surface area contributed by atoms with Crippen molar-refractivity contribution in [2.24, 2.45) is 0 Å². The molecule has 158 valence electrons. The number of benzene rings is 2. The molecule has 2 rings (SSSR count). The maximum absolute atomic E-state index is 12.4. The Balaban J connectivity index is 1.81. The Morgan fingerprint density at radius 3 is 2.00 bits per heavy atom. The van der Waals surface area contributed by atoms with Gasteiger partial charge in [0.2, 0.25) is 5.91 Å². The van der Waals surface area contributed by atoms with Gasteiger partial charge in [-0.2, -0.15) is 8.78 Å². The fraction of sp³-hybridized carbons (Fsp3) is 0.381. The van der Waals surface area contributed by atoms with E-state index in [1.807, 2.05) is 12.1 Å². The molecule has 0 bridgehead atoms. The number of alkyl halides is 2. The highest BCUT2D eigenvalue weighted by Gasteiger charge is 2.11. The van der Waals surface area contributed by atoms with E-state index in [4.69, 9.17) is 14.2 Å². The first-order valence-electron chi connectivity index (χ1n) is 9.06. The molecule has 0 aliphatic heterocycles. The fourth-order valence-electron chi connectivity index (χ4n) is 2.79. The first-order chi connectivity index (χ1) is 14.0. The number of carbonyl (C=O) groups excluding carboxylic acids is 1. The van der Waals surface area contributed by atoms with E-state index in [-0.39, 0.29) is 17.4 Å². The molecule has 0 radical (unpaired) electrons. The lowest BCUT2D eigenvalue weighted by atomic mass is 10.1. The maximum Gasteiger partial charge on any atom is 0.387 e. The number of nitrogens with one attached hydrogen (secondary N) is 1. The van der Waals surface area contributed by atoms with Crippen LogP contribution in [0.3, 0.4) is 0 Å². The van der Waals surface area contributed by atoms with Crippen LogP contribution in [-0.4, -0.2) is 40.4 Å². The lowest BCUT2D eigenvalue weighted by molar-refractivity contribution is -0.121. The number of hydrogen-bond donors (Lipinski definition) is 1. The van der Waals surface area contributed by atoms with Crippen LogP contribution in [0.15, 0.2) is 36.4 Å². The molecule has 1 amide bonds. The number of ether oxygens (including phenoxy) is 4. The minimum atomic E-state index is -2.92. The summed E-state index contributed by atoms with van der Waals surface area (Å²) in [5.41, 5.74) is 1.81. The van der Waals surface area contributed by atoms with Crippen LogP contribution in [0.25, 0.3) is 0 Å². The van der Waals surface area contributed by atoms with Crippen LogP contribution in [0.1, 0.15) is 17.5 Å². The van der Waals surface area contributed by atoms with Gasteiger partial charge in [-0.25, -0.2) is 0 Å². The fourth-order valence-corrected chi connectivity index (χ4v) is 2.79. The number of rotatable bonds is 11. The molecule has 0 heterocycles. The zero-order valence-electron chi connectivity index (χ0n) is 16.7. The molecule has 6 nitrogen and oxygen atoms in total. The van der Waals surface area contributed by atoms with Crippen molar-refractivity contribution in [2.45, 2.75) is 25.9 Å². The van der Waals surface area contributed by atoms with E-state index < -0.39 is 6.61 Å². The summed E-state index contributed by atoms with van der Waals surface area (Å²) < 4.78 is 44.7. The van der Waals surface area contributed by atoms with Crippen LogP contribution in [0.5, 0.6) is 23.0 Å². The predicted octanol–water partition coefficient (Wildman–Crippen LogP) is 3.61. The molecule has 0 fully saturated rings. The lowest BCUT2D eigenvalue weighted by Gasteiger charge is -2.12. The molecule has 2 aromatic carbocycles. The summed E-state index contributed by atoms with van der Waals surface area (Å²) in [6, 6.07) is 10.3. The zero-order valence-corrected chi connectivity index (χ0v) is 16.7. The third kappa shape index (κ3) is 6.81. The average Bonchev–Trinajstić information content (AvgIpc) is 2.72. The van der Waals surface area contributed by atoms with Crippen molar-refractivity contribution in [3.8, 4) is 23.0 Å². The summed E-state index contributed by atoms with van der Waals surface area (Å²) in [7, 11) is 4.52. The third-order valence-corrected chi connectivity index (χ3v) is 4.27. The molecule has 8 heteroatoms. The van der Waals surface area contributed by atoms with Gasteiger partial charge in [-0.15, -0.1) is 0 Å². The second-order valence-corrected chi connectivity index (χ2v) is 6.15. The predicted molar refractivity (Wildman–Crippen MR) is 104 cm³/mol. The van der Waals surface area contributed by atoms with Crippen LogP contribution >= 0.6 is 0 Å². The molecule has 0 spiro atoms. The minimum Gasteiger partial charge on any atom is -0.493 e. The van der Waals surface area contributed by atoms with E-state index in [1.54, 1.807) is 32.4 Å². The number of methoxy groups -OCH3 is 3. The van der Waals surface area contributed by atoms with Gasteiger partial charge in [0.15, 0.2) is 23.0 Å². The molecule has 0 aliphatic rings. The van der Waals surface area contributed by atoms with E-state index in [0.717, 1.165) is 11.1 Å². The van der Waals surface area contributed by atoms with E-state index >= 15 is 0 Å². The zero-order chi connectivity index (χ0) is 21.2. The van der Waals surface area contributed by atoms with Gasteiger partial charge in [0.05, 0.1) is 21.3 Å². The van der Waals surface area contributed by atoms with Crippen molar-refractivity contribution < 1.29 is 32.5 Å². The molecule has 2 aromatic rings. The largest absolute Gasteiger partial charge is 0.493 e. The Morgan fingerprint density at radius 2 is 1.41 bits per heavy atom. The van der Waals surface area contributed by atoms with E-state index in [2.05, 4.69) is 10.1 Å². The van der Waals surface area contributed by atoms with Crippen LogP contribution in [-0.2, 0) is 17.6 Å². The lowest BCUT2D eigenvalue weighted by Crippen LogP contribution is -2.25. The molecule has 0 unspecified atom stereocenters. The quantitative estimate of drug-likeness (QED) is 0.614. The molecular weight excluding hydrogens is 384 g/mol. The second kappa shape index (κ2) is 11.1. The highest BCUT2D eigenvalue weighted by molar-refractivity contribution is 5.76. The molecule has 29 heavy (non-hydrogen) atoms. The molecular formula is C21H25F2NO5. The molecule has 0 saturated carbocycles. The summed E-state index contributed by atoms with van der Waals surface area (Å²) in [6.45, 7) is -2.50. The van der Waals surface area contributed by atoms with E-state index in [1.165, 1.54) is 13.2 Å². The second-order valence-electron chi connectivity index (χ2n) is 6.15. The summed E-state index contributed by atoms with van der Waals surface area (Å²) in [4.78, 5) is 12.1. The monoisotopic (exact) mass is 409 g/mol. The number of carbonyl (C=O) groups is 1. The van der Waals surface area contributed by atoms with E-state index in [9.17, 15) is 13.6 Å². The third-order valence-electron chi connectivity index (χ3n) is 4.27. The van der Waals surface area contributed by atoms with Crippen molar-refractivity contribution in [3.05, 3.63) is 47.5 Å². The number of halogens is 2. The van der Waals surface area contributed by atoms with Gasteiger partial charge in [-0.3, -0.25) is 4.79 Å². The van der Waals surface area contributed by atoms with Crippen LogP contribution in [0.2, 0.25) is 0 Å². The number of hydrogen-bond acceptors (Lipinski definition) is 5. The molecule has 0 aromatic heterocycles. The summed E-state index contributed by atoms with van der Waals surface area (Å²) >= 11 is 0. The maximum atomic E-state index is 12.4. The van der Waals surface area contributed by atoms with Gasteiger partial charge in [0.25, 0.3) is 0 Å². The van der Waals surface area contributed by atoms with E-state index in [0.29, 0.717) is 37.3 Å². The summed E-state index contributed by atoms with van der Waals surface area (Å²) in [5.74, 6) is 1.39. The van der Waals surface area contributed by atoms with Gasteiger partial charge >= 0.3 is 6.61 Å². The van der Waals surface area contributed by atoms with Crippen molar-refractivity contribution in [1.82, 2.24) is 5.32 Å². The van der Waals surface area contributed by atoms with Crippen molar-refractivity contribution in [2.75, 3.05) is 27.9 Å². The summed E-state index contributed by atoms with van der Waals surface area (Å²) in [5, 5.41) is 2.85. The van der Waals surface area contributed by atoms with Crippen molar-refractivity contribution in [3.63, 3.8) is 0 Å². The minimum absolute atomic E-state index is 0.0230. The first kappa shape index (κ1) is 22.3. The van der Waals surface area contributed by atoms with Crippen LogP contribution in [0, 0.1) is 0 Å². The average molecular weight is 409 g/mol. The first-order valence-corrected chi connectivity index (χ1v) is 9.06. The Labute approximate surface area is 168 Å². The Kier molecular flexibility index (Phi) is 8.51. The Hall–Kier alpha value is -3.03. The summed E-state index contributed by atoms with van der Waals surface area (Å²) in [6.07, 6.45) is 1.44. The van der Waals surface area contributed by atoms with Gasteiger partial charge < -0.3 is 24.3 Å². The van der Waals surface area contributed by atoms with Crippen LogP contribution in [0.4, 0.5) is 8.78 Å². The Bertz CT molecular complexity index is 814. The molecule has 1 N–H and O–H groups in total. The highest BCUT2D eigenvalue weighted by Crippen LogP contribution is 2.30. The van der Waals surface area contributed by atoms with Gasteiger partial charge in [-0.05, 0) is 48.2 Å². The molecule has 0 saturated heterocycles. The standard InChI is InChI=1S/C21H25F2NO5/c1-26-16-7-4-14(12-18(16)27-2)6-9-20(25)24-11-10-15-5-8-17(29-21(22)23)19(13-15)28-3/h4-5,7-8,12-13,21H,6,9-11H2,1-3H3,(H,24,25). The molecule has 0 atom stereocenters. The van der Waals surface area contributed by atoms with Gasteiger partial charge in [-0.1, -0.05) is 12.1 Å². The van der Waals surface area contributed by atoms with Gasteiger partial charge in [0.1, 0.15) is 0 Å². The van der Waals surface area contributed by atoms with Crippen molar-refractivity contribution in [1.29, 1.82) is 0 Å². The topological polar surface area (TPSA) is 66.0 Å². The molecule has 0 aliphatic carbocycles.